The molecule has 6 heteroatoms. The lowest BCUT2D eigenvalue weighted by atomic mass is 10.2. The fourth-order valence-electron chi connectivity index (χ4n) is 2.19. The van der Waals surface area contributed by atoms with Crippen molar-refractivity contribution >= 4 is 17.0 Å². The summed E-state index contributed by atoms with van der Waals surface area (Å²) in [6.07, 6.45) is 4.23. The Bertz CT molecular complexity index is 782. The minimum atomic E-state index is 0.270. The number of ether oxygens (including phenoxy) is 1. The smallest absolute Gasteiger partial charge is 0.320 e. The number of imidazole rings is 1. The highest BCUT2D eigenvalue weighted by molar-refractivity contribution is 5.81. The van der Waals surface area contributed by atoms with Crippen LogP contribution in [-0.2, 0) is 13.0 Å². The fraction of sp³-hybridized carbons (Fsp3) is 0.188. The van der Waals surface area contributed by atoms with Crippen molar-refractivity contribution in [2.75, 3.05) is 12.3 Å². The van der Waals surface area contributed by atoms with E-state index in [-0.39, 0.29) is 6.01 Å². The molecule has 0 bridgehead atoms. The number of nitrogen functional groups attached to an aromatic ring is 1. The van der Waals surface area contributed by atoms with Crippen molar-refractivity contribution in [3.63, 3.8) is 0 Å². The maximum Gasteiger partial charge on any atom is 0.320 e. The number of benzene rings is 1. The van der Waals surface area contributed by atoms with Gasteiger partial charge in [-0.05, 0) is 5.56 Å². The zero-order valence-corrected chi connectivity index (χ0v) is 12.1. The lowest BCUT2D eigenvalue weighted by Crippen LogP contribution is -2.07. The zero-order chi connectivity index (χ0) is 15.4. The van der Waals surface area contributed by atoms with Gasteiger partial charge in [0.25, 0.3) is 0 Å². The van der Waals surface area contributed by atoms with Gasteiger partial charge in [-0.2, -0.15) is 9.97 Å². The third kappa shape index (κ3) is 2.90. The summed E-state index contributed by atoms with van der Waals surface area (Å²) < 4.78 is 7.48. The molecular formula is C16H17N5O. The van der Waals surface area contributed by atoms with Gasteiger partial charge >= 0.3 is 6.01 Å². The van der Waals surface area contributed by atoms with E-state index in [2.05, 4.69) is 33.7 Å². The molecular weight excluding hydrogens is 278 g/mol. The van der Waals surface area contributed by atoms with Gasteiger partial charge < -0.3 is 15.0 Å². The lowest BCUT2D eigenvalue weighted by molar-refractivity contribution is 0.297. The van der Waals surface area contributed by atoms with Crippen molar-refractivity contribution in [2.45, 2.75) is 13.0 Å². The van der Waals surface area contributed by atoms with Crippen LogP contribution in [0.3, 0.4) is 0 Å². The molecule has 0 saturated carbocycles. The first-order chi connectivity index (χ1) is 10.8. The summed E-state index contributed by atoms with van der Waals surface area (Å²) in [5.74, 6) is 0.322. The number of fused-ring (bicyclic) bond motifs is 1. The van der Waals surface area contributed by atoms with Crippen molar-refractivity contribution in [3.05, 3.63) is 54.9 Å². The molecule has 2 heterocycles. The lowest BCUT2D eigenvalue weighted by Gasteiger charge is -2.06. The van der Waals surface area contributed by atoms with Gasteiger partial charge in [-0.1, -0.05) is 36.4 Å². The standard InChI is InChI=1S/C16H17N5O/c1-2-9-21-11-18-13-14(17)19-16(20-15(13)21)22-10-8-12-6-4-3-5-7-12/h2-7,11H,1,8-10H2,(H2,17,19,20). The Kier molecular flexibility index (Phi) is 4.00. The van der Waals surface area contributed by atoms with E-state index >= 15 is 0 Å². The number of rotatable bonds is 6. The molecule has 6 nitrogen and oxygen atoms in total. The molecule has 0 aliphatic carbocycles. The molecule has 0 atom stereocenters. The van der Waals surface area contributed by atoms with Gasteiger partial charge in [-0.3, -0.25) is 0 Å². The van der Waals surface area contributed by atoms with E-state index in [1.54, 1.807) is 12.4 Å². The molecule has 0 aliphatic heterocycles. The van der Waals surface area contributed by atoms with Gasteiger partial charge in [0.1, 0.15) is 0 Å². The Morgan fingerprint density at radius 2 is 2.05 bits per heavy atom. The first kappa shape index (κ1) is 14.1. The number of hydrogen-bond acceptors (Lipinski definition) is 5. The van der Waals surface area contributed by atoms with Gasteiger partial charge in [-0.25, -0.2) is 4.98 Å². The molecule has 0 amide bonds. The Labute approximate surface area is 128 Å². The second-order valence-electron chi connectivity index (χ2n) is 4.83. The number of nitrogens with two attached hydrogens (primary N) is 1. The summed E-state index contributed by atoms with van der Waals surface area (Å²) >= 11 is 0. The van der Waals surface area contributed by atoms with Gasteiger partial charge in [0.15, 0.2) is 17.0 Å². The zero-order valence-electron chi connectivity index (χ0n) is 12.1. The Morgan fingerprint density at radius 3 is 2.82 bits per heavy atom. The SMILES string of the molecule is C=CCn1cnc2c(N)nc(OCCc3ccccc3)nc21. The first-order valence-electron chi connectivity index (χ1n) is 7.04. The molecule has 3 rings (SSSR count). The van der Waals surface area contributed by atoms with E-state index < -0.39 is 0 Å². The second kappa shape index (κ2) is 6.26. The van der Waals surface area contributed by atoms with Crippen LogP contribution in [0.15, 0.2) is 49.3 Å². The monoisotopic (exact) mass is 295 g/mol. The molecule has 2 aromatic heterocycles. The molecule has 1 aromatic carbocycles. The molecule has 0 aliphatic rings. The predicted octanol–water partition coefficient (Wildman–Crippen LogP) is 2.22. The average molecular weight is 295 g/mol. The Morgan fingerprint density at radius 1 is 1.23 bits per heavy atom. The minimum absolute atomic E-state index is 0.270. The van der Waals surface area contributed by atoms with Gasteiger partial charge in [-0.15, -0.1) is 6.58 Å². The van der Waals surface area contributed by atoms with E-state index in [1.165, 1.54) is 5.56 Å². The highest BCUT2D eigenvalue weighted by Crippen LogP contribution is 2.19. The van der Waals surface area contributed by atoms with E-state index in [1.807, 2.05) is 22.8 Å². The second-order valence-corrected chi connectivity index (χ2v) is 4.83. The van der Waals surface area contributed by atoms with Crippen LogP contribution in [0.25, 0.3) is 11.2 Å². The first-order valence-corrected chi connectivity index (χ1v) is 7.04. The van der Waals surface area contributed by atoms with Crippen LogP contribution in [0, 0.1) is 0 Å². The molecule has 0 fully saturated rings. The van der Waals surface area contributed by atoms with Crippen molar-refractivity contribution < 1.29 is 4.74 Å². The summed E-state index contributed by atoms with van der Waals surface area (Å²) in [4.78, 5) is 12.7. The van der Waals surface area contributed by atoms with Crippen LogP contribution in [-0.4, -0.2) is 26.1 Å². The summed E-state index contributed by atoms with van der Waals surface area (Å²) in [5.41, 5.74) is 8.35. The van der Waals surface area contributed by atoms with Crippen molar-refractivity contribution in [3.8, 4) is 6.01 Å². The Hall–Kier alpha value is -2.89. The molecule has 22 heavy (non-hydrogen) atoms. The number of nitrogens with zero attached hydrogens (tertiary/aromatic N) is 4. The van der Waals surface area contributed by atoms with Crippen LogP contribution in [0.5, 0.6) is 6.01 Å². The van der Waals surface area contributed by atoms with Crippen molar-refractivity contribution in [1.29, 1.82) is 0 Å². The molecule has 0 unspecified atom stereocenters. The van der Waals surface area contributed by atoms with E-state index in [0.717, 1.165) is 6.42 Å². The summed E-state index contributed by atoms with van der Waals surface area (Å²) in [5, 5.41) is 0. The molecule has 3 aromatic rings. The number of anilines is 1. The van der Waals surface area contributed by atoms with Gasteiger partial charge in [0, 0.05) is 13.0 Å². The average Bonchev–Trinajstić information content (AvgIpc) is 2.93. The van der Waals surface area contributed by atoms with E-state index in [0.29, 0.717) is 30.1 Å². The van der Waals surface area contributed by atoms with Crippen molar-refractivity contribution in [2.24, 2.45) is 0 Å². The van der Waals surface area contributed by atoms with Crippen LogP contribution in [0.1, 0.15) is 5.56 Å². The van der Waals surface area contributed by atoms with Gasteiger partial charge in [0.2, 0.25) is 0 Å². The highest BCUT2D eigenvalue weighted by atomic mass is 16.5. The molecule has 0 spiro atoms. The number of hydrogen-bond donors (Lipinski definition) is 1. The Balaban J connectivity index is 1.76. The molecule has 112 valence electrons. The number of allylic oxidation sites excluding steroid dienone is 1. The fourth-order valence-corrected chi connectivity index (χ4v) is 2.19. The molecule has 0 saturated heterocycles. The quantitative estimate of drug-likeness (QED) is 0.705. The third-order valence-electron chi connectivity index (χ3n) is 3.26. The maximum atomic E-state index is 5.92. The maximum absolute atomic E-state index is 5.92. The van der Waals surface area contributed by atoms with Crippen LogP contribution < -0.4 is 10.5 Å². The van der Waals surface area contributed by atoms with E-state index in [4.69, 9.17) is 10.5 Å². The predicted molar refractivity (Wildman–Crippen MR) is 85.6 cm³/mol. The van der Waals surface area contributed by atoms with Crippen LogP contribution in [0.2, 0.25) is 0 Å². The summed E-state index contributed by atoms with van der Waals surface area (Å²) in [7, 11) is 0. The van der Waals surface area contributed by atoms with E-state index in [9.17, 15) is 0 Å². The summed E-state index contributed by atoms with van der Waals surface area (Å²) in [6.45, 7) is 4.81. The normalized spacial score (nSPS) is 10.7. The minimum Gasteiger partial charge on any atom is -0.463 e. The highest BCUT2D eigenvalue weighted by Gasteiger charge is 2.11. The number of aromatic nitrogens is 4. The van der Waals surface area contributed by atoms with Crippen LogP contribution in [0.4, 0.5) is 5.82 Å². The topological polar surface area (TPSA) is 78.9 Å². The largest absolute Gasteiger partial charge is 0.463 e. The van der Waals surface area contributed by atoms with Gasteiger partial charge in [0.05, 0.1) is 12.9 Å². The third-order valence-corrected chi connectivity index (χ3v) is 3.26. The molecule has 2 N–H and O–H groups in total. The molecule has 0 radical (unpaired) electrons. The van der Waals surface area contributed by atoms with Crippen LogP contribution >= 0.6 is 0 Å². The summed E-state index contributed by atoms with van der Waals surface area (Å²) in [6, 6.07) is 10.4. The van der Waals surface area contributed by atoms with Crippen molar-refractivity contribution in [1.82, 2.24) is 19.5 Å².